The lowest BCUT2D eigenvalue weighted by Gasteiger charge is -1.99. The molecule has 2 aromatic rings. The van der Waals surface area contributed by atoms with Gasteiger partial charge in [0.05, 0.1) is 5.69 Å². The average molecular weight is 295 g/mol. The lowest BCUT2D eigenvalue weighted by atomic mass is 10.1. The molecule has 1 N–H and O–H groups in total. The molecule has 3 nitrogen and oxygen atoms in total. The standard InChI is InChI=1S/C13H15BrN2O/c1-3-15-7-12-8-17-13(16-12)10-4-9(2)5-11(14)6-10/h4-6,8,15H,3,7H2,1-2H3. The second-order valence-electron chi connectivity index (χ2n) is 3.94. The zero-order valence-electron chi connectivity index (χ0n) is 9.96. The summed E-state index contributed by atoms with van der Waals surface area (Å²) in [6, 6.07) is 6.13. The summed E-state index contributed by atoms with van der Waals surface area (Å²) in [5, 5.41) is 3.22. The fourth-order valence-electron chi connectivity index (χ4n) is 1.63. The first-order valence-electron chi connectivity index (χ1n) is 5.61. The van der Waals surface area contributed by atoms with Crippen molar-refractivity contribution < 1.29 is 4.42 Å². The Balaban J connectivity index is 2.24. The maximum absolute atomic E-state index is 5.49. The van der Waals surface area contributed by atoms with Crippen LogP contribution in [0.25, 0.3) is 11.5 Å². The van der Waals surface area contributed by atoms with Crippen molar-refractivity contribution in [3.8, 4) is 11.5 Å². The smallest absolute Gasteiger partial charge is 0.226 e. The lowest BCUT2D eigenvalue weighted by molar-refractivity contribution is 0.570. The Morgan fingerprint density at radius 3 is 2.88 bits per heavy atom. The van der Waals surface area contributed by atoms with E-state index in [-0.39, 0.29) is 0 Å². The number of hydrogen-bond donors (Lipinski definition) is 1. The molecule has 0 bridgehead atoms. The van der Waals surface area contributed by atoms with Gasteiger partial charge in [0.25, 0.3) is 0 Å². The first-order valence-corrected chi connectivity index (χ1v) is 6.41. The van der Waals surface area contributed by atoms with Gasteiger partial charge < -0.3 is 9.73 Å². The zero-order valence-corrected chi connectivity index (χ0v) is 11.5. The van der Waals surface area contributed by atoms with Crippen LogP contribution >= 0.6 is 15.9 Å². The molecule has 90 valence electrons. The van der Waals surface area contributed by atoms with Gasteiger partial charge in [0.15, 0.2) is 0 Å². The number of benzene rings is 1. The Kier molecular flexibility index (Phi) is 3.97. The fourth-order valence-corrected chi connectivity index (χ4v) is 2.24. The van der Waals surface area contributed by atoms with E-state index in [1.807, 2.05) is 6.07 Å². The molecule has 0 radical (unpaired) electrons. The number of aryl methyl sites for hydroxylation is 1. The highest BCUT2D eigenvalue weighted by Gasteiger charge is 2.07. The summed E-state index contributed by atoms with van der Waals surface area (Å²) in [7, 11) is 0. The summed E-state index contributed by atoms with van der Waals surface area (Å²) < 4.78 is 6.53. The van der Waals surface area contributed by atoms with Gasteiger partial charge in [-0.05, 0) is 37.2 Å². The summed E-state index contributed by atoms with van der Waals surface area (Å²) in [5.74, 6) is 0.669. The first kappa shape index (κ1) is 12.3. The summed E-state index contributed by atoms with van der Waals surface area (Å²) in [6.45, 7) is 5.79. The minimum Gasteiger partial charge on any atom is -0.444 e. The molecule has 1 heterocycles. The highest BCUT2D eigenvalue weighted by molar-refractivity contribution is 9.10. The largest absolute Gasteiger partial charge is 0.444 e. The molecular formula is C13H15BrN2O. The van der Waals surface area contributed by atoms with Crippen LogP contribution in [0.2, 0.25) is 0 Å². The van der Waals surface area contributed by atoms with Crippen molar-refractivity contribution in [2.75, 3.05) is 6.54 Å². The highest BCUT2D eigenvalue weighted by atomic mass is 79.9. The third-order valence-electron chi connectivity index (χ3n) is 2.40. The molecular weight excluding hydrogens is 280 g/mol. The van der Waals surface area contributed by atoms with Crippen LogP contribution in [0.15, 0.2) is 33.4 Å². The van der Waals surface area contributed by atoms with Crippen molar-refractivity contribution in [2.45, 2.75) is 20.4 Å². The van der Waals surface area contributed by atoms with Crippen molar-refractivity contribution in [3.63, 3.8) is 0 Å². The second-order valence-corrected chi connectivity index (χ2v) is 4.86. The van der Waals surface area contributed by atoms with Crippen molar-refractivity contribution in [1.82, 2.24) is 10.3 Å². The molecule has 0 aliphatic heterocycles. The van der Waals surface area contributed by atoms with Crippen molar-refractivity contribution >= 4 is 15.9 Å². The van der Waals surface area contributed by atoms with Crippen LogP contribution in [0.4, 0.5) is 0 Å². The number of rotatable bonds is 4. The predicted octanol–water partition coefficient (Wildman–Crippen LogP) is 3.52. The van der Waals surface area contributed by atoms with E-state index in [2.05, 4.69) is 52.2 Å². The number of halogens is 1. The molecule has 0 saturated heterocycles. The van der Waals surface area contributed by atoms with Crippen LogP contribution in [-0.2, 0) is 6.54 Å². The molecule has 0 aliphatic carbocycles. The highest BCUT2D eigenvalue weighted by Crippen LogP contribution is 2.24. The molecule has 0 amide bonds. The SMILES string of the molecule is CCNCc1coc(-c2cc(C)cc(Br)c2)n1. The molecule has 1 aromatic carbocycles. The topological polar surface area (TPSA) is 38.1 Å². The minimum atomic E-state index is 0.669. The van der Waals surface area contributed by atoms with Crippen molar-refractivity contribution in [3.05, 3.63) is 40.2 Å². The van der Waals surface area contributed by atoms with Crippen LogP contribution in [-0.4, -0.2) is 11.5 Å². The number of oxazole rings is 1. The van der Waals surface area contributed by atoms with Crippen LogP contribution in [0.5, 0.6) is 0 Å². The van der Waals surface area contributed by atoms with Gasteiger partial charge in [-0.2, -0.15) is 0 Å². The van der Waals surface area contributed by atoms with Gasteiger partial charge in [-0.25, -0.2) is 4.98 Å². The van der Waals surface area contributed by atoms with Crippen molar-refractivity contribution in [1.29, 1.82) is 0 Å². The van der Waals surface area contributed by atoms with Gasteiger partial charge in [-0.1, -0.05) is 22.9 Å². The quantitative estimate of drug-likeness (QED) is 0.937. The molecule has 0 spiro atoms. The van der Waals surface area contributed by atoms with Crippen LogP contribution in [0, 0.1) is 6.92 Å². The Morgan fingerprint density at radius 2 is 2.18 bits per heavy atom. The number of aromatic nitrogens is 1. The Morgan fingerprint density at radius 1 is 1.35 bits per heavy atom. The molecule has 0 unspecified atom stereocenters. The number of nitrogens with one attached hydrogen (secondary N) is 1. The van der Waals surface area contributed by atoms with E-state index in [4.69, 9.17) is 4.42 Å². The summed E-state index contributed by atoms with van der Waals surface area (Å²) in [4.78, 5) is 4.45. The monoisotopic (exact) mass is 294 g/mol. The summed E-state index contributed by atoms with van der Waals surface area (Å²) in [6.07, 6.45) is 1.70. The Labute approximate surface area is 109 Å². The fraction of sp³-hybridized carbons (Fsp3) is 0.308. The van der Waals surface area contributed by atoms with Gasteiger partial charge in [0.2, 0.25) is 5.89 Å². The Bertz CT molecular complexity index is 488. The summed E-state index contributed by atoms with van der Waals surface area (Å²) in [5.41, 5.74) is 3.11. The molecule has 17 heavy (non-hydrogen) atoms. The van der Waals surface area contributed by atoms with E-state index in [1.54, 1.807) is 6.26 Å². The van der Waals surface area contributed by atoms with Gasteiger partial charge >= 0.3 is 0 Å². The zero-order chi connectivity index (χ0) is 12.3. The van der Waals surface area contributed by atoms with E-state index in [1.165, 1.54) is 5.56 Å². The summed E-state index contributed by atoms with van der Waals surface area (Å²) >= 11 is 3.48. The molecule has 0 fully saturated rings. The minimum absolute atomic E-state index is 0.669. The predicted molar refractivity (Wildman–Crippen MR) is 71.8 cm³/mol. The second kappa shape index (κ2) is 5.47. The van der Waals surface area contributed by atoms with Crippen LogP contribution < -0.4 is 5.32 Å². The third kappa shape index (κ3) is 3.17. The first-order chi connectivity index (χ1) is 8.19. The van der Waals surface area contributed by atoms with Gasteiger partial charge in [0, 0.05) is 16.6 Å². The maximum atomic E-state index is 5.49. The van der Waals surface area contributed by atoms with E-state index in [9.17, 15) is 0 Å². The molecule has 0 saturated carbocycles. The van der Waals surface area contributed by atoms with Crippen LogP contribution in [0.3, 0.4) is 0 Å². The molecule has 4 heteroatoms. The third-order valence-corrected chi connectivity index (χ3v) is 2.85. The lowest BCUT2D eigenvalue weighted by Crippen LogP contribution is -2.11. The molecule has 2 rings (SSSR count). The number of hydrogen-bond acceptors (Lipinski definition) is 3. The van der Waals surface area contributed by atoms with E-state index in [0.717, 1.165) is 28.8 Å². The van der Waals surface area contributed by atoms with Gasteiger partial charge in [0.1, 0.15) is 6.26 Å². The Hall–Kier alpha value is -1.13. The van der Waals surface area contributed by atoms with E-state index < -0.39 is 0 Å². The van der Waals surface area contributed by atoms with E-state index >= 15 is 0 Å². The van der Waals surface area contributed by atoms with E-state index in [0.29, 0.717) is 5.89 Å². The molecule has 0 atom stereocenters. The van der Waals surface area contributed by atoms with Gasteiger partial charge in [-0.15, -0.1) is 0 Å². The normalized spacial score (nSPS) is 10.8. The average Bonchev–Trinajstić information content (AvgIpc) is 2.73. The van der Waals surface area contributed by atoms with Crippen molar-refractivity contribution in [2.24, 2.45) is 0 Å². The number of nitrogens with zero attached hydrogens (tertiary/aromatic N) is 1. The molecule has 0 aliphatic rings. The maximum Gasteiger partial charge on any atom is 0.226 e. The van der Waals surface area contributed by atoms with Crippen LogP contribution in [0.1, 0.15) is 18.2 Å². The van der Waals surface area contributed by atoms with Gasteiger partial charge in [-0.3, -0.25) is 0 Å². The molecule has 1 aromatic heterocycles.